The van der Waals surface area contributed by atoms with Gasteiger partial charge in [-0.15, -0.1) is 0 Å². The average molecular weight is 478 g/mol. The highest BCUT2D eigenvalue weighted by Crippen LogP contribution is 2.28. The number of ether oxygens (including phenoxy) is 3. The molecule has 0 aliphatic carbocycles. The van der Waals surface area contributed by atoms with E-state index in [4.69, 9.17) is 24.8 Å². The Hall–Kier alpha value is -2.95. The second-order valence-corrected chi connectivity index (χ2v) is 7.88. The Labute approximate surface area is 200 Å². The minimum absolute atomic E-state index is 0.00925. The van der Waals surface area contributed by atoms with Crippen molar-refractivity contribution in [3.8, 4) is 0 Å². The lowest BCUT2D eigenvalue weighted by molar-refractivity contribution is -0.144. The molecule has 0 atom stereocenters. The van der Waals surface area contributed by atoms with Crippen molar-refractivity contribution in [2.75, 3.05) is 39.5 Å². The second kappa shape index (κ2) is 13.7. The number of oxime groups is 1. The number of carbonyl (C=O) groups excluding carboxylic acids is 2. The van der Waals surface area contributed by atoms with Crippen molar-refractivity contribution in [2.45, 2.75) is 45.8 Å². The molecule has 0 radical (unpaired) electrons. The van der Waals surface area contributed by atoms with Crippen LogP contribution in [-0.2, 0) is 35.2 Å². The molecule has 2 rings (SSSR count). The van der Waals surface area contributed by atoms with Gasteiger partial charge in [0.1, 0.15) is 5.60 Å². The summed E-state index contributed by atoms with van der Waals surface area (Å²) >= 11 is 0. The number of piperidine rings is 1. The van der Waals surface area contributed by atoms with E-state index >= 15 is 0 Å². The van der Waals surface area contributed by atoms with E-state index in [1.54, 1.807) is 13.8 Å². The van der Waals surface area contributed by atoms with Crippen molar-refractivity contribution in [3.05, 3.63) is 47.2 Å². The van der Waals surface area contributed by atoms with Gasteiger partial charge in [-0.25, -0.2) is 9.59 Å². The molecule has 0 unspecified atom stereocenters. The van der Waals surface area contributed by atoms with Crippen LogP contribution in [-0.4, -0.2) is 72.9 Å². The first-order valence-electron chi connectivity index (χ1n) is 11.4. The molecule has 10 heteroatoms. The van der Waals surface area contributed by atoms with Crippen LogP contribution in [0.3, 0.4) is 0 Å². The number of nitrogens with two attached hydrogens (primary N) is 1. The fourth-order valence-corrected chi connectivity index (χ4v) is 3.54. The largest absolute Gasteiger partial charge is 0.463 e. The van der Waals surface area contributed by atoms with Gasteiger partial charge in [-0.3, -0.25) is 4.90 Å². The predicted molar refractivity (Wildman–Crippen MR) is 126 cm³/mol. The monoisotopic (exact) mass is 477 g/mol. The number of nitrogens with zero attached hydrogens (tertiary/aromatic N) is 2. The summed E-state index contributed by atoms with van der Waals surface area (Å²) in [5, 5.41) is 13.2. The van der Waals surface area contributed by atoms with E-state index in [0.717, 1.165) is 12.6 Å². The third kappa shape index (κ3) is 8.12. The summed E-state index contributed by atoms with van der Waals surface area (Å²) in [6.07, 6.45) is 1.88. The summed E-state index contributed by atoms with van der Waals surface area (Å²) in [4.78, 5) is 31.5. The van der Waals surface area contributed by atoms with Gasteiger partial charge in [-0.2, -0.15) is 0 Å². The summed E-state index contributed by atoms with van der Waals surface area (Å²) in [6.45, 7) is 7.57. The first-order chi connectivity index (χ1) is 16.3. The molecule has 0 amide bonds. The number of aliphatic hydroxyl groups excluding tert-OH is 1. The molecule has 0 aromatic heterocycles. The Bertz CT molecular complexity index is 860. The molecule has 34 heavy (non-hydrogen) atoms. The molecule has 1 fully saturated rings. The van der Waals surface area contributed by atoms with Gasteiger partial charge in [0.05, 0.1) is 32.5 Å². The lowest BCUT2D eigenvalue weighted by atomic mass is 9.89. The number of aliphatic hydroxyl groups is 1. The fourth-order valence-electron chi connectivity index (χ4n) is 3.54. The van der Waals surface area contributed by atoms with Crippen LogP contribution in [0.15, 0.2) is 41.3 Å². The minimum Gasteiger partial charge on any atom is -0.463 e. The number of amidine groups is 1. The van der Waals surface area contributed by atoms with Crippen molar-refractivity contribution < 1.29 is 33.7 Å². The average Bonchev–Trinajstić information content (AvgIpc) is 2.83. The Balaban J connectivity index is 2.13. The number of carbonyl (C=O) groups is 2. The van der Waals surface area contributed by atoms with Crippen LogP contribution < -0.4 is 5.73 Å². The summed E-state index contributed by atoms with van der Waals surface area (Å²) in [6, 6.07) is 8.38. The number of benzene rings is 1. The molecule has 3 N–H and O–H groups in total. The molecular weight excluding hydrogens is 442 g/mol. The first kappa shape index (κ1) is 27.3. The minimum atomic E-state index is -0.976. The molecule has 10 nitrogen and oxygen atoms in total. The van der Waals surface area contributed by atoms with Gasteiger partial charge in [-0.05, 0) is 39.2 Å². The second-order valence-electron chi connectivity index (χ2n) is 7.88. The van der Waals surface area contributed by atoms with Crippen molar-refractivity contribution in [1.82, 2.24) is 4.90 Å². The van der Waals surface area contributed by atoms with Crippen LogP contribution in [0.5, 0.6) is 0 Å². The summed E-state index contributed by atoms with van der Waals surface area (Å²) < 4.78 is 15.6. The standard InChI is InChI=1S/C24H35N3O7/c1-4-31-21(29)16-20(22(30)32-5-2)34-26-23(25)24(33-15-14-28)10-12-27(13-11-24)17-19-8-6-18(3)7-9-19/h6-9,16,28H,4-5,10-15,17H2,1-3H3,(H2,25,26)/b20-16-. The van der Waals surface area contributed by atoms with Gasteiger partial charge in [0.25, 0.3) is 0 Å². The van der Waals surface area contributed by atoms with Crippen LogP contribution in [0.1, 0.15) is 37.8 Å². The van der Waals surface area contributed by atoms with E-state index < -0.39 is 23.3 Å². The van der Waals surface area contributed by atoms with Crippen molar-refractivity contribution in [3.63, 3.8) is 0 Å². The zero-order valence-corrected chi connectivity index (χ0v) is 20.1. The highest BCUT2D eigenvalue weighted by Gasteiger charge is 2.40. The van der Waals surface area contributed by atoms with Crippen molar-refractivity contribution in [1.29, 1.82) is 0 Å². The predicted octanol–water partition coefficient (Wildman–Crippen LogP) is 1.64. The van der Waals surface area contributed by atoms with Gasteiger partial charge >= 0.3 is 11.9 Å². The zero-order valence-electron chi connectivity index (χ0n) is 20.1. The normalized spacial score (nSPS) is 16.7. The Morgan fingerprint density at radius 3 is 2.38 bits per heavy atom. The summed E-state index contributed by atoms with van der Waals surface area (Å²) in [7, 11) is 0. The molecule has 1 saturated heterocycles. The van der Waals surface area contributed by atoms with Crippen LogP contribution in [0.25, 0.3) is 0 Å². The third-order valence-corrected chi connectivity index (χ3v) is 5.38. The molecule has 1 aliphatic heterocycles. The molecule has 1 aromatic carbocycles. The molecule has 0 spiro atoms. The van der Waals surface area contributed by atoms with Crippen LogP contribution >= 0.6 is 0 Å². The van der Waals surface area contributed by atoms with Gasteiger partial charge in [0.2, 0.25) is 5.76 Å². The van der Waals surface area contributed by atoms with E-state index in [0.29, 0.717) is 25.9 Å². The Kier molecular flexibility index (Phi) is 11.0. The third-order valence-electron chi connectivity index (χ3n) is 5.38. The van der Waals surface area contributed by atoms with Gasteiger partial charge < -0.3 is 29.9 Å². The molecule has 188 valence electrons. The van der Waals surface area contributed by atoms with Crippen LogP contribution in [0, 0.1) is 6.92 Å². The van der Waals surface area contributed by atoms with Gasteiger partial charge in [-0.1, -0.05) is 35.0 Å². The quantitative estimate of drug-likeness (QED) is 0.115. The SMILES string of the molecule is CCOC(=O)/C=C(\O/N=C(\N)C1(OCCO)CCN(Cc2ccc(C)cc2)CC1)C(=O)OCC. The molecule has 0 saturated carbocycles. The Morgan fingerprint density at radius 1 is 1.15 bits per heavy atom. The summed E-state index contributed by atoms with van der Waals surface area (Å²) in [5.41, 5.74) is 7.70. The van der Waals surface area contributed by atoms with E-state index in [1.807, 2.05) is 0 Å². The number of rotatable bonds is 12. The molecule has 1 aromatic rings. The zero-order chi connectivity index (χ0) is 25.0. The maximum atomic E-state index is 12.2. The maximum absolute atomic E-state index is 12.2. The molecule has 1 heterocycles. The topological polar surface area (TPSA) is 133 Å². The smallest absolute Gasteiger partial charge is 0.377 e. The van der Waals surface area contributed by atoms with Crippen LogP contribution in [0.2, 0.25) is 0 Å². The Morgan fingerprint density at radius 2 is 1.79 bits per heavy atom. The number of hydrogen-bond acceptors (Lipinski definition) is 9. The van der Waals surface area contributed by atoms with Crippen molar-refractivity contribution >= 4 is 17.8 Å². The number of esters is 2. The van der Waals surface area contributed by atoms with E-state index in [-0.39, 0.29) is 32.3 Å². The fraction of sp³-hybridized carbons (Fsp3) is 0.542. The number of hydrogen-bond donors (Lipinski definition) is 2. The molecule has 0 bridgehead atoms. The number of likely N-dealkylation sites (tertiary alicyclic amines) is 1. The molecular formula is C24H35N3O7. The lowest BCUT2D eigenvalue weighted by Crippen LogP contribution is -2.54. The highest BCUT2D eigenvalue weighted by molar-refractivity contribution is 5.95. The van der Waals surface area contributed by atoms with Crippen molar-refractivity contribution in [2.24, 2.45) is 10.9 Å². The van der Waals surface area contributed by atoms with Gasteiger partial charge in [0.15, 0.2) is 5.84 Å². The van der Waals surface area contributed by atoms with E-state index in [9.17, 15) is 14.7 Å². The summed E-state index contributed by atoms with van der Waals surface area (Å²) in [5.74, 6) is -2.08. The van der Waals surface area contributed by atoms with Gasteiger partial charge in [0, 0.05) is 19.6 Å². The maximum Gasteiger partial charge on any atom is 0.377 e. The molecule has 1 aliphatic rings. The number of aryl methyl sites for hydroxylation is 1. The van der Waals surface area contributed by atoms with E-state index in [2.05, 4.69) is 41.2 Å². The highest BCUT2D eigenvalue weighted by atomic mass is 16.7. The van der Waals surface area contributed by atoms with E-state index in [1.165, 1.54) is 11.1 Å². The van der Waals surface area contributed by atoms with Crippen LogP contribution in [0.4, 0.5) is 0 Å². The first-order valence-corrected chi connectivity index (χ1v) is 11.4. The lowest BCUT2D eigenvalue weighted by Gasteiger charge is -2.40.